The van der Waals surface area contributed by atoms with Gasteiger partial charge in [-0.2, -0.15) is 0 Å². The molecule has 0 bridgehead atoms. The van der Waals surface area contributed by atoms with Gasteiger partial charge in [0.2, 0.25) is 0 Å². The summed E-state index contributed by atoms with van der Waals surface area (Å²) in [7, 11) is 2.01. The quantitative estimate of drug-likeness (QED) is 0.393. The van der Waals surface area contributed by atoms with Gasteiger partial charge in [0.05, 0.1) is 18.8 Å². The number of nitrogens with zero attached hydrogens (tertiary/aromatic N) is 1. The zero-order valence-electron chi connectivity index (χ0n) is 20.5. The van der Waals surface area contributed by atoms with Crippen LogP contribution in [-0.2, 0) is 30.4 Å². The number of aliphatic hydroxyl groups is 1. The van der Waals surface area contributed by atoms with Crippen molar-refractivity contribution in [2.75, 3.05) is 25.5 Å². The van der Waals surface area contributed by atoms with E-state index in [1.54, 1.807) is 12.1 Å². The van der Waals surface area contributed by atoms with Crippen molar-refractivity contribution in [2.24, 2.45) is 0 Å². The molecule has 0 spiro atoms. The van der Waals surface area contributed by atoms with E-state index < -0.39 is 24.3 Å². The molecule has 0 radical (unpaired) electrons. The summed E-state index contributed by atoms with van der Waals surface area (Å²) in [5.74, 6) is -0.940. The molecule has 1 heterocycles. The van der Waals surface area contributed by atoms with Crippen LogP contribution in [0.15, 0.2) is 61.2 Å². The summed E-state index contributed by atoms with van der Waals surface area (Å²) in [4.78, 5) is 25.7. The molecule has 3 rings (SSSR count). The van der Waals surface area contributed by atoms with Gasteiger partial charge < -0.3 is 29.5 Å². The van der Waals surface area contributed by atoms with Gasteiger partial charge in [0.15, 0.2) is 12.4 Å². The molecule has 1 amide bonds. The fourth-order valence-corrected chi connectivity index (χ4v) is 3.98. The number of carbonyl (C=O) groups excluding carboxylic acids is 2. The SMILES string of the molecule is C=CCN(C)C[C@@H]1C[C@H](c2ccc(CO)cc2)OC(c2cccc(NC(=O)[C@H](C)OC(C)=O)c2)O1. The Labute approximate surface area is 206 Å². The zero-order valence-corrected chi connectivity index (χ0v) is 20.5. The van der Waals surface area contributed by atoms with E-state index in [-0.39, 0.29) is 18.8 Å². The average molecular weight is 483 g/mol. The number of hydrogen-bond acceptors (Lipinski definition) is 7. The van der Waals surface area contributed by atoms with Crippen molar-refractivity contribution >= 4 is 17.6 Å². The zero-order chi connectivity index (χ0) is 25.4. The number of amides is 1. The molecule has 0 aliphatic carbocycles. The van der Waals surface area contributed by atoms with Gasteiger partial charge in [0, 0.05) is 37.7 Å². The molecule has 1 saturated heterocycles. The number of likely N-dealkylation sites (N-methyl/N-ethyl adjacent to an activating group) is 1. The highest BCUT2D eigenvalue weighted by Gasteiger charge is 2.33. The molecule has 2 aromatic carbocycles. The Bertz CT molecular complexity index is 1010. The van der Waals surface area contributed by atoms with E-state index >= 15 is 0 Å². The number of ether oxygens (including phenoxy) is 3. The van der Waals surface area contributed by atoms with E-state index in [2.05, 4.69) is 16.8 Å². The van der Waals surface area contributed by atoms with Gasteiger partial charge in [0.25, 0.3) is 5.91 Å². The van der Waals surface area contributed by atoms with Crippen LogP contribution in [0.4, 0.5) is 5.69 Å². The van der Waals surface area contributed by atoms with Crippen LogP contribution in [0, 0.1) is 0 Å². The highest BCUT2D eigenvalue weighted by Crippen LogP contribution is 2.38. The maximum Gasteiger partial charge on any atom is 0.303 e. The molecule has 1 aliphatic rings. The molecule has 0 saturated carbocycles. The highest BCUT2D eigenvalue weighted by molar-refractivity contribution is 5.95. The van der Waals surface area contributed by atoms with E-state index in [9.17, 15) is 14.7 Å². The second kappa shape index (κ2) is 12.6. The minimum atomic E-state index is -0.908. The molecule has 2 N–H and O–H groups in total. The summed E-state index contributed by atoms with van der Waals surface area (Å²) in [6.45, 7) is 8.02. The van der Waals surface area contributed by atoms with Crippen LogP contribution in [0.3, 0.4) is 0 Å². The largest absolute Gasteiger partial charge is 0.453 e. The second-order valence-corrected chi connectivity index (χ2v) is 8.73. The lowest BCUT2D eigenvalue weighted by Gasteiger charge is -2.37. The van der Waals surface area contributed by atoms with Crippen LogP contribution in [0.2, 0.25) is 0 Å². The maximum absolute atomic E-state index is 12.4. The molecule has 1 aliphatic heterocycles. The minimum Gasteiger partial charge on any atom is -0.453 e. The third kappa shape index (κ3) is 7.73. The summed E-state index contributed by atoms with van der Waals surface area (Å²) in [5.41, 5.74) is 3.15. The molecular formula is C27H34N2O6. The Morgan fingerprint density at radius 1 is 1.23 bits per heavy atom. The van der Waals surface area contributed by atoms with Crippen LogP contribution in [0.5, 0.6) is 0 Å². The molecule has 4 atom stereocenters. The Morgan fingerprint density at radius 2 is 1.97 bits per heavy atom. The van der Waals surface area contributed by atoms with E-state index in [0.29, 0.717) is 18.7 Å². The molecule has 8 heteroatoms. The van der Waals surface area contributed by atoms with Gasteiger partial charge in [-0.1, -0.05) is 42.5 Å². The Morgan fingerprint density at radius 3 is 2.63 bits per heavy atom. The number of rotatable bonds is 10. The number of hydrogen-bond donors (Lipinski definition) is 2. The van der Waals surface area contributed by atoms with Crippen LogP contribution >= 0.6 is 0 Å². The number of benzene rings is 2. The summed E-state index contributed by atoms with van der Waals surface area (Å²) < 4.78 is 17.6. The Hall–Kier alpha value is -3.04. The lowest BCUT2D eigenvalue weighted by molar-refractivity contribution is -0.252. The fourth-order valence-electron chi connectivity index (χ4n) is 3.98. The third-order valence-corrected chi connectivity index (χ3v) is 5.71. The number of nitrogens with one attached hydrogen (secondary N) is 1. The first-order chi connectivity index (χ1) is 16.8. The maximum atomic E-state index is 12.4. The molecule has 1 unspecified atom stereocenters. The van der Waals surface area contributed by atoms with Crippen molar-refractivity contribution in [3.05, 3.63) is 77.9 Å². The van der Waals surface area contributed by atoms with Crippen molar-refractivity contribution in [1.29, 1.82) is 0 Å². The smallest absolute Gasteiger partial charge is 0.303 e. The third-order valence-electron chi connectivity index (χ3n) is 5.71. The van der Waals surface area contributed by atoms with E-state index in [1.807, 2.05) is 49.5 Å². The first-order valence-electron chi connectivity index (χ1n) is 11.7. The predicted octanol–water partition coefficient (Wildman–Crippen LogP) is 3.73. The monoisotopic (exact) mass is 482 g/mol. The van der Waals surface area contributed by atoms with Crippen LogP contribution in [0.25, 0.3) is 0 Å². The predicted molar refractivity (Wildman–Crippen MR) is 132 cm³/mol. The average Bonchev–Trinajstić information content (AvgIpc) is 2.83. The Kier molecular flexibility index (Phi) is 9.56. The van der Waals surface area contributed by atoms with Gasteiger partial charge >= 0.3 is 5.97 Å². The summed E-state index contributed by atoms with van der Waals surface area (Å²) >= 11 is 0. The number of anilines is 1. The van der Waals surface area contributed by atoms with Gasteiger partial charge in [-0.25, -0.2) is 0 Å². The lowest BCUT2D eigenvalue weighted by atomic mass is 9.99. The first kappa shape index (κ1) is 26.6. The number of esters is 1. The molecule has 1 fully saturated rings. The minimum absolute atomic E-state index is 0.0128. The first-order valence-corrected chi connectivity index (χ1v) is 11.7. The normalized spacial score (nSPS) is 20.8. The molecular weight excluding hydrogens is 448 g/mol. The van der Waals surface area contributed by atoms with E-state index in [0.717, 1.165) is 23.2 Å². The Balaban J connectivity index is 1.80. The molecule has 0 aromatic heterocycles. The van der Waals surface area contributed by atoms with Gasteiger partial charge in [-0.15, -0.1) is 6.58 Å². The van der Waals surface area contributed by atoms with Crippen LogP contribution < -0.4 is 5.32 Å². The molecule has 2 aromatic rings. The lowest BCUT2D eigenvalue weighted by Crippen LogP contribution is -2.37. The topological polar surface area (TPSA) is 97.3 Å². The summed E-state index contributed by atoms with van der Waals surface area (Å²) in [5, 5.41) is 12.1. The summed E-state index contributed by atoms with van der Waals surface area (Å²) in [6, 6.07) is 15.0. The molecule has 8 nitrogen and oxygen atoms in total. The second-order valence-electron chi connectivity index (χ2n) is 8.73. The van der Waals surface area contributed by atoms with Crippen LogP contribution in [-0.4, -0.2) is 54.2 Å². The summed E-state index contributed by atoms with van der Waals surface area (Å²) in [6.07, 6.45) is 0.678. The number of aliphatic hydroxyl groups excluding tert-OH is 1. The van der Waals surface area contributed by atoms with Gasteiger partial charge in [0.1, 0.15) is 0 Å². The van der Waals surface area contributed by atoms with Crippen molar-refractivity contribution in [2.45, 2.75) is 51.5 Å². The molecule has 35 heavy (non-hydrogen) atoms. The van der Waals surface area contributed by atoms with Crippen molar-refractivity contribution in [3.8, 4) is 0 Å². The van der Waals surface area contributed by atoms with Gasteiger partial charge in [-0.05, 0) is 37.2 Å². The van der Waals surface area contributed by atoms with Crippen molar-refractivity contribution < 1.29 is 28.9 Å². The van der Waals surface area contributed by atoms with Gasteiger partial charge in [-0.3, -0.25) is 9.59 Å². The van der Waals surface area contributed by atoms with Crippen molar-refractivity contribution in [3.63, 3.8) is 0 Å². The fraction of sp³-hybridized carbons (Fsp3) is 0.407. The van der Waals surface area contributed by atoms with Crippen molar-refractivity contribution in [1.82, 2.24) is 4.90 Å². The number of carbonyl (C=O) groups is 2. The van der Waals surface area contributed by atoms with E-state index in [4.69, 9.17) is 14.2 Å². The van der Waals surface area contributed by atoms with Crippen LogP contribution in [0.1, 0.15) is 49.4 Å². The van der Waals surface area contributed by atoms with E-state index in [1.165, 1.54) is 13.8 Å². The standard InChI is InChI=1S/C27H34N2O6/c1-5-13-29(4)16-24-15-25(21-11-9-20(17-30)10-12-21)35-27(34-24)22-7-6-8-23(14-22)28-26(32)18(2)33-19(3)31/h5-12,14,18,24-25,27,30H,1,13,15-17H2,2-4H3,(H,28,32)/t18-,24-,25+,27?/m0/s1. The molecule has 188 valence electrons. The highest BCUT2D eigenvalue weighted by atomic mass is 16.7.